The Hall–Kier alpha value is -3.09. The van der Waals surface area contributed by atoms with Crippen LogP contribution in [0.4, 0.5) is 10.1 Å². The molecule has 1 aliphatic heterocycles. The van der Waals surface area contributed by atoms with Crippen molar-refractivity contribution in [1.29, 1.82) is 0 Å². The Morgan fingerprint density at radius 1 is 0.889 bits per heavy atom. The first-order valence-electron chi connectivity index (χ1n) is 8.73. The highest BCUT2D eigenvalue weighted by atomic mass is 19.1. The maximum Gasteiger partial charge on any atom is 0.344 e. The Balaban J connectivity index is 1.37. The van der Waals surface area contributed by atoms with Gasteiger partial charge in [-0.1, -0.05) is 18.2 Å². The minimum Gasteiger partial charge on any atom is -0.482 e. The number of para-hydroxylation sites is 1. The summed E-state index contributed by atoms with van der Waals surface area (Å²) in [6, 6.07) is 15.3. The minimum atomic E-state index is -0.643. The van der Waals surface area contributed by atoms with Crippen molar-refractivity contribution < 1.29 is 23.5 Å². The van der Waals surface area contributed by atoms with E-state index in [1.807, 2.05) is 30.3 Å². The fraction of sp³-hybridized carbons (Fsp3) is 0.300. The van der Waals surface area contributed by atoms with Crippen molar-refractivity contribution in [2.45, 2.75) is 0 Å². The quantitative estimate of drug-likeness (QED) is 0.727. The van der Waals surface area contributed by atoms with E-state index in [0.29, 0.717) is 18.8 Å². The van der Waals surface area contributed by atoms with Gasteiger partial charge in [0.05, 0.1) is 0 Å². The summed E-state index contributed by atoms with van der Waals surface area (Å²) in [7, 11) is 0. The maximum absolute atomic E-state index is 12.8. The van der Waals surface area contributed by atoms with Gasteiger partial charge in [0.15, 0.2) is 13.2 Å². The number of amides is 1. The summed E-state index contributed by atoms with van der Waals surface area (Å²) >= 11 is 0. The van der Waals surface area contributed by atoms with E-state index in [-0.39, 0.29) is 24.9 Å². The zero-order valence-corrected chi connectivity index (χ0v) is 14.8. The van der Waals surface area contributed by atoms with E-state index in [0.717, 1.165) is 18.8 Å². The molecule has 1 heterocycles. The van der Waals surface area contributed by atoms with Gasteiger partial charge < -0.3 is 19.3 Å². The zero-order chi connectivity index (χ0) is 19.1. The number of esters is 1. The van der Waals surface area contributed by atoms with E-state index in [1.54, 1.807) is 4.90 Å². The summed E-state index contributed by atoms with van der Waals surface area (Å²) in [6.45, 7) is 1.99. The molecule has 1 saturated heterocycles. The number of benzene rings is 2. The molecule has 1 aliphatic rings. The van der Waals surface area contributed by atoms with Crippen LogP contribution >= 0.6 is 0 Å². The monoisotopic (exact) mass is 372 g/mol. The largest absolute Gasteiger partial charge is 0.482 e. The van der Waals surface area contributed by atoms with E-state index in [9.17, 15) is 14.0 Å². The number of hydrogen-bond acceptors (Lipinski definition) is 5. The maximum atomic E-state index is 12.8. The van der Waals surface area contributed by atoms with Crippen LogP contribution < -0.4 is 9.64 Å². The molecule has 1 fully saturated rings. The normalized spacial score (nSPS) is 14.0. The highest BCUT2D eigenvalue weighted by Crippen LogP contribution is 2.15. The average Bonchev–Trinajstić information content (AvgIpc) is 2.72. The van der Waals surface area contributed by atoms with Crippen LogP contribution in [0.5, 0.6) is 5.75 Å². The third kappa shape index (κ3) is 5.44. The molecule has 27 heavy (non-hydrogen) atoms. The van der Waals surface area contributed by atoms with Crippen LogP contribution in [-0.4, -0.2) is 56.2 Å². The second-order valence-corrected chi connectivity index (χ2v) is 6.11. The topological polar surface area (TPSA) is 59.1 Å². The molecular formula is C20H21FN2O4. The van der Waals surface area contributed by atoms with Crippen LogP contribution in [0.25, 0.3) is 0 Å². The van der Waals surface area contributed by atoms with Crippen molar-refractivity contribution >= 4 is 17.6 Å². The molecule has 0 N–H and O–H groups in total. The molecule has 0 spiro atoms. The fourth-order valence-electron chi connectivity index (χ4n) is 2.80. The zero-order valence-electron chi connectivity index (χ0n) is 14.8. The van der Waals surface area contributed by atoms with E-state index in [2.05, 4.69) is 4.90 Å². The first-order chi connectivity index (χ1) is 13.1. The highest BCUT2D eigenvalue weighted by Gasteiger charge is 2.22. The molecule has 0 bridgehead atoms. The second-order valence-electron chi connectivity index (χ2n) is 6.11. The van der Waals surface area contributed by atoms with Crippen LogP contribution in [-0.2, 0) is 14.3 Å². The molecular weight excluding hydrogens is 351 g/mol. The van der Waals surface area contributed by atoms with Gasteiger partial charge in [-0.25, -0.2) is 9.18 Å². The number of nitrogens with zero attached hydrogens (tertiary/aromatic N) is 2. The molecule has 0 aliphatic carbocycles. The lowest BCUT2D eigenvalue weighted by Crippen LogP contribution is -2.50. The van der Waals surface area contributed by atoms with Crippen LogP contribution in [0.1, 0.15) is 0 Å². The number of ether oxygens (including phenoxy) is 2. The first kappa shape index (κ1) is 18.7. The lowest BCUT2D eigenvalue weighted by Gasteiger charge is -2.36. The SMILES string of the molecule is O=C(COc1ccc(F)cc1)OCC(=O)N1CCN(c2ccccc2)CC1. The molecule has 2 aromatic carbocycles. The Kier molecular flexibility index (Phi) is 6.25. The Bertz CT molecular complexity index is 759. The first-order valence-corrected chi connectivity index (χ1v) is 8.73. The van der Waals surface area contributed by atoms with Crippen LogP contribution in [0.2, 0.25) is 0 Å². The van der Waals surface area contributed by atoms with Crippen molar-refractivity contribution in [3.8, 4) is 5.75 Å². The third-order valence-electron chi connectivity index (χ3n) is 4.28. The lowest BCUT2D eigenvalue weighted by molar-refractivity contribution is -0.153. The molecule has 142 valence electrons. The predicted molar refractivity (Wildman–Crippen MR) is 98.1 cm³/mol. The molecule has 0 unspecified atom stereocenters. The van der Waals surface area contributed by atoms with Crippen LogP contribution in [0, 0.1) is 5.82 Å². The Labute approximate surface area is 157 Å². The fourth-order valence-corrected chi connectivity index (χ4v) is 2.80. The summed E-state index contributed by atoms with van der Waals surface area (Å²) in [4.78, 5) is 27.8. The Morgan fingerprint density at radius 2 is 1.56 bits per heavy atom. The summed E-state index contributed by atoms with van der Waals surface area (Å²) in [5, 5.41) is 0. The Morgan fingerprint density at radius 3 is 2.22 bits per heavy atom. The van der Waals surface area contributed by atoms with Gasteiger partial charge in [-0.3, -0.25) is 4.79 Å². The smallest absolute Gasteiger partial charge is 0.344 e. The third-order valence-corrected chi connectivity index (χ3v) is 4.28. The number of carbonyl (C=O) groups is 2. The van der Waals surface area contributed by atoms with Crippen molar-refractivity contribution in [3.05, 3.63) is 60.4 Å². The summed E-state index contributed by atoms with van der Waals surface area (Å²) < 4.78 is 23.0. The predicted octanol–water partition coefficient (Wildman–Crippen LogP) is 2.10. The molecule has 3 rings (SSSR count). The average molecular weight is 372 g/mol. The van der Waals surface area contributed by atoms with Crippen molar-refractivity contribution in [2.24, 2.45) is 0 Å². The van der Waals surface area contributed by atoms with Gasteiger partial charge in [-0.15, -0.1) is 0 Å². The molecule has 0 atom stereocenters. The van der Waals surface area contributed by atoms with E-state index in [1.165, 1.54) is 24.3 Å². The van der Waals surface area contributed by atoms with Gasteiger partial charge >= 0.3 is 5.97 Å². The number of carbonyl (C=O) groups excluding carboxylic acids is 2. The molecule has 0 aromatic heterocycles. The molecule has 1 amide bonds. The lowest BCUT2D eigenvalue weighted by atomic mass is 10.2. The standard InChI is InChI=1S/C20H21FN2O4/c21-16-6-8-18(9-7-16)26-15-20(25)27-14-19(24)23-12-10-22(11-13-23)17-4-2-1-3-5-17/h1-9H,10-15H2. The van der Waals surface area contributed by atoms with Crippen molar-refractivity contribution in [1.82, 2.24) is 4.90 Å². The summed E-state index contributed by atoms with van der Waals surface area (Å²) in [6.07, 6.45) is 0. The van der Waals surface area contributed by atoms with Gasteiger partial charge in [-0.2, -0.15) is 0 Å². The number of rotatable bonds is 6. The van der Waals surface area contributed by atoms with Crippen molar-refractivity contribution in [3.63, 3.8) is 0 Å². The molecule has 0 saturated carbocycles. The van der Waals surface area contributed by atoms with Gasteiger partial charge in [0.2, 0.25) is 0 Å². The summed E-state index contributed by atoms with van der Waals surface area (Å²) in [5.41, 5.74) is 1.13. The van der Waals surface area contributed by atoms with E-state index >= 15 is 0 Å². The van der Waals surface area contributed by atoms with E-state index in [4.69, 9.17) is 9.47 Å². The van der Waals surface area contributed by atoms with Gasteiger partial charge in [0.1, 0.15) is 11.6 Å². The number of halogens is 1. The van der Waals surface area contributed by atoms with Crippen molar-refractivity contribution in [2.75, 3.05) is 44.3 Å². The molecule has 6 nitrogen and oxygen atoms in total. The van der Waals surface area contributed by atoms with Crippen LogP contribution in [0.15, 0.2) is 54.6 Å². The van der Waals surface area contributed by atoms with E-state index < -0.39 is 5.97 Å². The molecule has 7 heteroatoms. The van der Waals surface area contributed by atoms with Gasteiger partial charge in [0.25, 0.3) is 5.91 Å². The number of anilines is 1. The van der Waals surface area contributed by atoms with Crippen LogP contribution in [0.3, 0.4) is 0 Å². The molecule has 2 aromatic rings. The highest BCUT2D eigenvalue weighted by molar-refractivity contribution is 5.81. The number of hydrogen-bond donors (Lipinski definition) is 0. The number of piperazine rings is 1. The molecule has 0 radical (unpaired) electrons. The summed E-state index contributed by atoms with van der Waals surface area (Å²) in [5.74, 6) is -0.895. The minimum absolute atomic E-state index is 0.224. The second kappa shape index (κ2) is 9.02. The van der Waals surface area contributed by atoms with Gasteiger partial charge in [0, 0.05) is 31.9 Å². The van der Waals surface area contributed by atoms with Gasteiger partial charge in [-0.05, 0) is 36.4 Å².